The Morgan fingerprint density at radius 1 is 1.19 bits per heavy atom. The number of imidazole rings is 1. The highest BCUT2D eigenvalue weighted by molar-refractivity contribution is 5.76. The number of carbonyl (C=O) groups is 2. The Morgan fingerprint density at radius 3 is 2.50 bits per heavy atom. The molecule has 3 rings (SSSR count). The smallest absolute Gasteiger partial charge is 0.315 e. The minimum atomic E-state index is -0.738. The third kappa shape index (κ3) is 4.15. The number of aromatic amines is 1. The zero-order valence-corrected chi connectivity index (χ0v) is 15.2. The van der Waals surface area contributed by atoms with Crippen LogP contribution in [-0.2, 0) is 4.79 Å². The number of nitrogens with zero attached hydrogens (tertiary/aromatic N) is 1. The largest absolute Gasteiger partial charge is 0.481 e. The van der Waals surface area contributed by atoms with E-state index in [1.165, 1.54) is 0 Å². The van der Waals surface area contributed by atoms with Crippen LogP contribution in [0.5, 0.6) is 0 Å². The normalized spacial score (nSPS) is 21.5. The molecule has 1 fully saturated rings. The molecule has 4 N–H and O–H groups in total. The zero-order valence-electron chi connectivity index (χ0n) is 15.2. The molecule has 2 aromatic rings. The number of benzene rings is 1. The number of carboxylic acid groups (broad SMARTS) is 1. The first kappa shape index (κ1) is 18.2. The van der Waals surface area contributed by atoms with E-state index in [-0.39, 0.29) is 30.0 Å². The molecule has 1 aliphatic rings. The summed E-state index contributed by atoms with van der Waals surface area (Å²) in [6, 6.07) is 7.35. The second-order valence-electron chi connectivity index (χ2n) is 7.37. The number of aromatic nitrogens is 2. The van der Waals surface area contributed by atoms with Crippen LogP contribution in [0.3, 0.4) is 0 Å². The van der Waals surface area contributed by atoms with Gasteiger partial charge in [0.05, 0.1) is 23.0 Å². The van der Waals surface area contributed by atoms with Crippen molar-refractivity contribution in [3.63, 3.8) is 0 Å². The van der Waals surface area contributed by atoms with Crippen molar-refractivity contribution in [1.29, 1.82) is 0 Å². The van der Waals surface area contributed by atoms with Gasteiger partial charge in [0.25, 0.3) is 0 Å². The maximum absolute atomic E-state index is 12.4. The summed E-state index contributed by atoms with van der Waals surface area (Å²) in [6.07, 6.45) is 2.61. The van der Waals surface area contributed by atoms with Gasteiger partial charge in [-0.2, -0.15) is 0 Å². The van der Waals surface area contributed by atoms with Gasteiger partial charge in [-0.3, -0.25) is 4.79 Å². The second kappa shape index (κ2) is 7.76. The van der Waals surface area contributed by atoms with Crippen LogP contribution >= 0.6 is 0 Å². The van der Waals surface area contributed by atoms with E-state index in [0.717, 1.165) is 16.9 Å². The summed E-state index contributed by atoms with van der Waals surface area (Å²) in [5, 5.41) is 15.1. The number of para-hydroxylation sites is 2. The number of aliphatic carboxylic acids is 1. The van der Waals surface area contributed by atoms with Gasteiger partial charge in [0.2, 0.25) is 0 Å². The van der Waals surface area contributed by atoms with Crippen molar-refractivity contribution >= 4 is 23.0 Å². The number of amides is 2. The van der Waals surface area contributed by atoms with E-state index >= 15 is 0 Å². The molecule has 1 aromatic heterocycles. The van der Waals surface area contributed by atoms with Crippen LogP contribution in [0.1, 0.15) is 51.4 Å². The zero-order chi connectivity index (χ0) is 18.7. The second-order valence-corrected chi connectivity index (χ2v) is 7.37. The highest BCUT2D eigenvalue weighted by atomic mass is 16.4. The molecule has 26 heavy (non-hydrogen) atoms. The number of carbonyl (C=O) groups excluding carboxylic acids is 1. The van der Waals surface area contributed by atoms with Crippen LogP contribution in [0.2, 0.25) is 0 Å². The Kier molecular flexibility index (Phi) is 5.44. The van der Waals surface area contributed by atoms with Gasteiger partial charge in [0.1, 0.15) is 5.82 Å². The van der Waals surface area contributed by atoms with Crippen LogP contribution in [0.25, 0.3) is 11.0 Å². The lowest BCUT2D eigenvalue weighted by atomic mass is 9.86. The minimum Gasteiger partial charge on any atom is -0.481 e. The molecular weight excluding hydrogens is 332 g/mol. The Balaban J connectivity index is 1.61. The summed E-state index contributed by atoms with van der Waals surface area (Å²) in [6.45, 7) is 4.08. The van der Waals surface area contributed by atoms with Gasteiger partial charge in [-0.25, -0.2) is 9.78 Å². The summed E-state index contributed by atoms with van der Waals surface area (Å²) in [7, 11) is 0. The van der Waals surface area contributed by atoms with Gasteiger partial charge < -0.3 is 20.7 Å². The molecule has 0 saturated heterocycles. The van der Waals surface area contributed by atoms with E-state index in [0.29, 0.717) is 25.7 Å². The monoisotopic (exact) mass is 358 g/mol. The molecule has 2 amide bonds. The highest BCUT2D eigenvalue weighted by Crippen LogP contribution is 2.25. The van der Waals surface area contributed by atoms with Crippen molar-refractivity contribution < 1.29 is 14.7 Å². The lowest BCUT2D eigenvalue weighted by Gasteiger charge is -2.28. The van der Waals surface area contributed by atoms with Gasteiger partial charge >= 0.3 is 12.0 Å². The van der Waals surface area contributed by atoms with Crippen LogP contribution < -0.4 is 10.6 Å². The van der Waals surface area contributed by atoms with Gasteiger partial charge in [-0.05, 0) is 43.7 Å². The van der Waals surface area contributed by atoms with Crippen LogP contribution in [0, 0.1) is 11.8 Å². The van der Waals surface area contributed by atoms with E-state index < -0.39 is 5.97 Å². The third-order valence-corrected chi connectivity index (χ3v) is 5.07. The number of hydrogen-bond donors (Lipinski definition) is 4. The first-order valence-corrected chi connectivity index (χ1v) is 9.18. The van der Waals surface area contributed by atoms with Gasteiger partial charge in [0.15, 0.2) is 0 Å². The molecule has 7 nitrogen and oxygen atoms in total. The fourth-order valence-corrected chi connectivity index (χ4v) is 3.52. The molecule has 0 radical (unpaired) electrons. The molecule has 0 spiro atoms. The van der Waals surface area contributed by atoms with E-state index in [4.69, 9.17) is 5.11 Å². The molecule has 1 atom stereocenters. The molecule has 140 valence electrons. The van der Waals surface area contributed by atoms with Crippen molar-refractivity contribution in [2.75, 3.05) is 0 Å². The lowest BCUT2D eigenvalue weighted by Crippen LogP contribution is -2.46. The molecule has 1 aliphatic carbocycles. The maximum Gasteiger partial charge on any atom is 0.315 e. The molecule has 0 bridgehead atoms. The Morgan fingerprint density at radius 2 is 1.88 bits per heavy atom. The third-order valence-electron chi connectivity index (χ3n) is 5.07. The minimum absolute atomic E-state index is 0.0223. The molecule has 1 heterocycles. The maximum atomic E-state index is 12.4. The van der Waals surface area contributed by atoms with E-state index in [1.54, 1.807) is 0 Å². The fraction of sp³-hybridized carbons (Fsp3) is 0.526. The molecule has 1 unspecified atom stereocenters. The van der Waals surface area contributed by atoms with Gasteiger partial charge in [0, 0.05) is 6.04 Å². The number of hydrogen-bond acceptors (Lipinski definition) is 3. The first-order valence-electron chi connectivity index (χ1n) is 9.18. The predicted molar refractivity (Wildman–Crippen MR) is 98.7 cm³/mol. The summed E-state index contributed by atoms with van der Waals surface area (Å²) in [5.74, 6) is -0.109. The summed E-state index contributed by atoms with van der Waals surface area (Å²) < 4.78 is 0. The molecule has 7 heteroatoms. The molecule has 1 saturated carbocycles. The van der Waals surface area contributed by atoms with Crippen LogP contribution in [0.15, 0.2) is 24.3 Å². The van der Waals surface area contributed by atoms with Crippen molar-refractivity contribution in [2.24, 2.45) is 11.8 Å². The Labute approximate surface area is 152 Å². The SMILES string of the molecule is CC(C)C(NC(=O)NC1CCC(C(=O)O)CC1)c1nc2ccccc2[nH]1. The quantitative estimate of drug-likeness (QED) is 0.658. The standard InChI is InChI=1S/C19H26N4O3/c1-11(2)16(17-21-14-5-3-4-6-15(14)22-17)23-19(26)20-13-9-7-12(8-10-13)18(24)25/h3-6,11-13,16H,7-10H2,1-2H3,(H,21,22)(H,24,25)(H2,20,23,26). The topological polar surface area (TPSA) is 107 Å². The summed E-state index contributed by atoms with van der Waals surface area (Å²) in [5.41, 5.74) is 1.82. The first-order chi connectivity index (χ1) is 12.4. The van der Waals surface area contributed by atoms with Crippen molar-refractivity contribution in [3.8, 4) is 0 Å². The number of nitrogens with one attached hydrogen (secondary N) is 3. The predicted octanol–water partition coefficient (Wildman–Crippen LogP) is 3.20. The van der Waals surface area contributed by atoms with Crippen molar-refractivity contribution in [1.82, 2.24) is 20.6 Å². The molecule has 1 aromatic carbocycles. The Hall–Kier alpha value is -2.57. The van der Waals surface area contributed by atoms with E-state index in [9.17, 15) is 9.59 Å². The average molecular weight is 358 g/mol. The summed E-state index contributed by atoms with van der Waals surface area (Å²) in [4.78, 5) is 31.4. The average Bonchev–Trinajstić information content (AvgIpc) is 3.03. The van der Waals surface area contributed by atoms with Crippen molar-refractivity contribution in [2.45, 2.75) is 51.6 Å². The number of urea groups is 1. The lowest BCUT2D eigenvalue weighted by molar-refractivity contribution is -0.142. The molecular formula is C19H26N4O3. The number of rotatable bonds is 5. The number of H-pyrrole nitrogens is 1. The van der Waals surface area contributed by atoms with Crippen LogP contribution in [-0.4, -0.2) is 33.1 Å². The molecule has 0 aliphatic heterocycles. The number of carboxylic acids is 1. The van der Waals surface area contributed by atoms with Crippen molar-refractivity contribution in [3.05, 3.63) is 30.1 Å². The van der Waals surface area contributed by atoms with Crippen LogP contribution in [0.4, 0.5) is 4.79 Å². The van der Waals surface area contributed by atoms with Gasteiger partial charge in [-0.1, -0.05) is 26.0 Å². The fourth-order valence-electron chi connectivity index (χ4n) is 3.52. The van der Waals surface area contributed by atoms with E-state index in [1.807, 2.05) is 38.1 Å². The summed E-state index contributed by atoms with van der Waals surface area (Å²) >= 11 is 0. The highest BCUT2D eigenvalue weighted by Gasteiger charge is 2.28. The Bertz CT molecular complexity index is 745. The van der Waals surface area contributed by atoms with E-state index in [2.05, 4.69) is 20.6 Å². The number of fused-ring (bicyclic) bond motifs is 1. The van der Waals surface area contributed by atoms with Gasteiger partial charge in [-0.15, -0.1) is 0 Å².